The summed E-state index contributed by atoms with van der Waals surface area (Å²) >= 11 is 0. The molecule has 2 atom stereocenters. The topological polar surface area (TPSA) is 159 Å². The summed E-state index contributed by atoms with van der Waals surface area (Å²) in [5.41, 5.74) is 3.06. The van der Waals surface area contributed by atoms with Crippen LogP contribution in [0.3, 0.4) is 0 Å². The standard InChI is InChI=1S/C34H37FN6O6/c1-20-5-12-25(13-6-20)41-16-15-24(19-41)36-32(44)38-28(31(42)43)18-21-7-14-26(27(35)17-21)29-39-30(47-40-29)22-8-10-23(11-9-22)37-33(45)46-34(2,3)4/h5-14,17,24,28H,15-16,18-19H2,1-4H3,(H,37,45)(H,42,43)(H2,36,38,44). The molecule has 3 amide bonds. The fourth-order valence-electron chi connectivity index (χ4n) is 5.12. The number of carbonyl (C=O) groups excluding carboxylic acids is 2. The van der Waals surface area contributed by atoms with Crippen molar-refractivity contribution in [3.63, 3.8) is 0 Å². The number of nitrogens with zero attached hydrogens (tertiary/aromatic N) is 3. The summed E-state index contributed by atoms with van der Waals surface area (Å²) in [6.07, 6.45) is -0.00538. The molecule has 1 saturated heterocycles. The number of carboxylic acids is 1. The first kappa shape index (κ1) is 32.9. The third-order valence-corrected chi connectivity index (χ3v) is 7.44. The maximum Gasteiger partial charge on any atom is 0.412 e. The Morgan fingerprint density at radius 3 is 2.47 bits per heavy atom. The van der Waals surface area contributed by atoms with Gasteiger partial charge in [0.05, 0.1) is 5.56 Å². The Morgan fingerprint density at radius 2 is 1.81 bits per heavy atom. The second-order valence-corrected chi connectivity index (χ2v) is 12.4. The number of hydrogen-bond donors (Lipinski definition) is 4. The number of carbonyl (C=O) groups is 3. The van der Waals surface area contributed by atoms with Gasteiger partial charge >= 0.3 is 18.1 Å². The molecule has 5 rings (SSSR count). The molecule has 1 aromatic heterocycles. The van der Waals surface area contributed by atoms with Crippen LogP contribution >= 0.6 is 0 Å². The normalized spacial score (nSPS) is 15.2. The fraction of sp³-hybridized carbons (Fsp3) is 0.324. The van der Waals surface area contributed by atoms with Crippen molar-refractivity contribution in [3.8, 4) is 22.8 Å². The van der Waals surface area contributed by atoms with Gasteiger partial charge in [0.15, 0.2) is 0 Å². The average Bonchev–Trinajstić information content (AvgIpc) is 3.67. The number of anilines is 2. The quantitative estimate of drug-likeness (QED) is 0.177. The lowest BCUT2D eigenvalue weighted by molar-refractivity contribution is -0.139. The van der Waals surface area contributed by atoms with Gasteiger partial charge in [-0.1, -0.05) is 28.9 Å². The number of amides is 3. The number of rotatable bonds is 9. The highest BCUT2D eigenvalue weighted by atomic mass is 19.1. The van der Waals surface area contributed by atoms with Crippen LogP contribution in [0.15, 0.2) is 71.3 Å². The molecule has 0 radical (unpaired) electrons. The molecule has 4 aromatic rings. The van der Waals surface area contributed by atoms with E-state index >= 15 is 4.39 Å². The number of ether oxygens (including phenoxy) is 1. The number of carboxylic acid groups (broad SMARTS) is 1. The molecular weight excluding hydrogens is 607 g/mol. The maximum atomic E-state index is 15.2. The molecule has 0 aliphatic carbocycles. The van der Waals surface area contributed by atoms with Crippen molar-refractivity contribution in [2.45, 2.75) is 58.2 Å². The summed E-state index contributed by atoms with van der Waals surface area (Å²) in [7, 11) is 0. The monoisotopic (exact) mass is 644 g/mol. The predicted octanol–water partition coefficient (Wildman–Crippen LogP) is 5.77. The molecule has 12 nitrogen and oxygen atoms in total. The Bertz CT molecular complexity index is 1740. The van der Waals surface area contributed by atoms with E-state index < -0.39 is 35.6 Å². The van der Waals surface area contributed by atoms with Crippen LogP contribution < -0.4 is 20.9 Å². The molecule has 0 bridgehead atoms. The van der Waals surface area contributed by atoms with Crippen LogP contribution in [0.5, 0.6) is 0 Å². The zero-order valence-corrected chi connectivity index (χ0v) is 26.5. The molecule has 13 heteroatoms. The van der Waals surface area contributed by atoms with Crippen LogP contribution in [-0.4, -0.2) is 64.1 Å². The lowest BCUT2D eigenvalue weighted by atomic mass is 10.0. The van der Waals surface area contributed by atoms with Crippen molar-refractivity contribution < 1.29 is 33.1 Å². The van der Waals surface area contributed by atoms with E-state index in [2.05, 4.69) is 31.0 Å². The number of benzene rings is 3. The minimum absolute atomic E-state index is 0.00328. The molecular formula is C34H37FN6O6. The zero-order chi connectivity index (χ0) is 33.7. The number of hydrogen-bond acceptors (Lipinski definition) is 8. The largest absolute Gasteiger partial charge is 0.480 e. The number of aryl methyl sites for hydroxylation is 1. The Hall–Kier alpha value is -5.46. The van der Waals surface area contributed by atoms with E-state index in [1.807, 2.05) is 31.2 Å². The first-order valence-corrected chi connectivity index (χ1v) is 15.2. The number of aliphatic carboxylic acids is 1. The van der Waals surface area contributed by atoms with E-state index in [1.54, 1.807) is 51.1 Å². The van der Waals surface area contributed by atoms with Crippen molar-refractivity contribution in [3.05, 3.63) is 83.7 Å². The van der Waals surface area contributed by atoms with Crippen molar-refractivity contribution in [2.75, 3.05) is 23.3 Å². The van der Waals surface area contributed by atoms with Crippen LogP contribution in [0.2, 0.25) is 0 Å². The van der Waals surface area contributed by atoms with Crippen LogP contribution in [0, 0.1) is 12.7 Å². The Labute approximate surface area is 271 Å². The summed E-state index contributed by atoms with van der Waals surface area (Å²) in [5, 5.41) is 21.7. The van der Waals surface area contributed by atoms with Crippen molar-refractivity contribution >= 4 is 29.5 Å². The summed E-state index contributed by atoms with van der Waals surface area (Å²) in [6.45, 7) is 8.69. The van der Waals surface area contributed by atoms with Gasteiger partial charge in [-0.2, -0.15) is 4.98 Å². The van der Waals surface area contributed by atoms with Gasteiger partial charge in [-0.15, -0.1) is 0 Å². The highest BCUT2D eigenvalue weighted by molar-refractivity contribution is 5.85. The Balaban J connectivity index is 1.17. The van der Waals surface area contributed by atoms with Gasteiger partial charge in [0.2, 0.25) is 5.82 Å². The molecule has 0 spiro atoms. The van der Waals surface area contributed by atoms with E-state index in [-0.39, 0.29) is 29.7 Å². The van der Waals surface area contributed by atoms with Gasteiger partial charge in [-0.3, -0.25) is 5.32 Å². The number of halogens is 1. The summed E-state index contributed by atoms with van der Waals surface area (Å²) in [5.74, 6) is -1.78. The van der Waals surface area contributed by atoms with E-state index in [1.165, 1.54) is 12.1 Å². The van der Waals surface area contributed by atoms with Gasteiger partial charge < -0.3 is 29.9 Å². The average molecular weight is 645 g/mol. The van der Waals surface area contributed by atoms with Crippen LogP contribution in [0.25, 0.3) is 22.8 Å². The van der Waals surface area contributed by atoms with Gasteiger partial charge in [0.1, 0.15) is 17.5 Å². The third-order valence-electron chi connectivity index (χ3n) is 7.44. The lowest BCUT2D eigenvalue weighted by Crippen LogP contribution is -2.50. The first-order chi connectivity index (χ1) is 22.3. The van der Waals surface area contributed by atoms with Crippen LogP contribution in [0.4, 0.5) is 25.4 Å². The molecule has 1 fully saturated rings. The Morgan fingerprint density at radius 1 is 1.09 bits per heavy atom. The predicted molar refractivity (Wildman–Crippen MR) is 174 cm³/mol. The SMILES string of the molecule is Cc1ccc(N2CCC(NC(=O)NC(Cc3ccc(-c4noc(-c5ccc(NC(=O)OC(C)(C)C)cc5)n4)c(F)c3)C(=O)O)C2)cc1. The summed E-state index contributed by atoms with van der Waals surface area (Å²) < 4.78 is 25.8. The van der Waals surface area contributed by atoms with E-state index in [9.17, 15) is 19.5 Å². The molecule has 246 valence electrons. The second kappa shape index (κ2) is 13.9. The Kier molecular flexibility index (Phi) is 9.73. The highest BCUT2D eigenvalue weighted by Crippen LogP contribution is 2.26. The highest BCUT2D eigenvalue weighted by Gasteiger charge is 2.27. The number of nitrogens with one attached hydrogen (secondary N) is 3. The maximum absolute atomic E-state index is 15.2. The van der Waals surface area contributed by atoms with Crippen LogP contribution in [0.1, 0.15) is 38.3 Å². The van der Waals surface area contributed by atoms with Gasteiger partial charge in [-0.25, -0.2) is 18.8 Å². The van der Waals surface area contributed by atoms with Crippen molar-refractivity contribution in [1.82, 2.24) is 20.8 Å². The molecule has 2 unspecified atom stereocenters. The first-order valence-electron chi connectivity index (χ1n) is 15.2. The second-order valence-electron chi connectivity index (χ2n) is 12.4. The fourth-order valence-corrected chi connectivity index (χ4v) is 5.12. The number of aromatic nitrogens is 2. The molecule has 1 aliphatic heterocycles. The van der Waals surface area contributed by atoms with E-state index in [0.717, 1.165) is 24.2 Å². The van der Waals surface area contributed by atoms with Crippen molar-refractivity contribution in [2.24, 2.45) is 0 Å². The van der Waals surface area contributed by atoms with E-state index in [4.69, 9.17) is 9.26 Å². The zero-order valence-electron chi connectivity index (χ0n) is 26.5. The number of urea groups is 1. The minimum atomic E-state index is -1.28. The molecule has 1 aliphatic rings. The minimum Gasteiger partial charge on any atom is -0.480 e. The molecule has 3 aromatic carbocycles. The third kappa shape index (κ3) is 8.84. The smallest absolute Gasteiger partial charge is 0.412 e. The molecule has 4 N–H and O–H groups in total. The summed E-state index contributed by atoms with van der Waals surface area (Å²) in [6, 6.07) is 16.9. The van der Waals surface area contributed by atoms with E-state index in [0.29, 0.717) is 23.4 Å². The summed E-state index contributed by atoms with van der Waals surface area (Å²) in [4.78, 5) is 43.1. The van der Waals surface area contributed by atoms with Gasteiger partial charge in [0.25, 0.3) is 5.89 Å². The molecule has 47 heavy (non-hydrogen) atoms. The molecule has 2 heterocycles. The van der Waals surface area contributed by atoms with Gasteiger partial charge in [-0.05, 0) is 88.2 Å². The molecule has 0 saturated carbocycles. The van der Waals surface area contributed by atoms with Crippen molar-refractivity contribution in [1.29, 1.82) is 0 Å². The van der Waals surface area contributed by atoms with Gasteiger partial charge in [0, 0.05) is 42.5 Å². The van der Waals surface area contributed by atoms with Crippen LogP contribution in [-0.2, 0) is 16.0 Å². The lowest BCUT2D eigenvalue weighted by Gasteiger charge is -2.20.